The normalized spacial score (nSPS) is 11.4. The second-order valence-electron chi connectivity index (χ2n) is 8.31. The van der Waals surface area contributed by atoms with E-state index in [4.69, 9.17) is 29.3 Å². The van der Waals surface area contributed by atoms with Gasteiger partial charge in [-0.2, -0.15) is 9.78 Å². The molecule has 39 heavy (non-hydrogen) atoms. The molecule has 2 heterocycles. The van der Waals surface area contributed by atoms with E-state index < -0.39 is 5.91 Å². The molecule has 5 rings (SSSR count). The molecule has 0 saturated heterocycles. The summed E-state index contributed by atoms with van der Waals surface area (Å²) in [6.45, 7) is 1.88. The quantitative estimate of drug-likeness (QED) is 0.245. The van der Waals surface area contributed by atoms with E-state index in [2.05, 4.69) is 21.0 Å². The van der Waals surface area contributed by atoms with Crippen LogP contribution in [0.1, 0.15) is 12.5 Å². The van der Waals surface area contributed by atoms with Gasteiger partial charge in [0.15, 0.2) is 23.9 Å². The van der Waals surface area contributed by atoms with Crippen LogP contribution in [0.2, 0.25) is 0 Å². The summed E-state index contributed by atoms with van der Waals surface area (Å²) in [6.07, 6.45) is 1.50. The number of ether oxygens (including phenoxy) is 3. The van der Waals surface area contributed by atoms with Crippen molar-refractivity contribution in [3.63, 3.8) is 0 Å². The minimum Gasteiger partial charge on any atom is -0.496 e. The average molecular weight is 591 g/mol. The number of carbonyl (C=O) groups excluding carboxylic acids is 1. The zero-order valence-corrected chi connectivity index (χ0v) is 22.6. The zero-order valence-electron chi connectivity index (χ0n) is 21.0. The molecule has 3 aromatic carbocycles. The number of primary amides is 1. The largest absolute Gasteiger partial charge is 0.496 e. The molecule has 2 N–H and O–H groups in total. The second-order valence-corrected chi connectivity index (χ2v) is 9.16. The second kappa shape index (κ2) is 11.0. The molecule has 0 aliphatic rings. The molecule has 0 atom stereocenters. The first-order valence-corrected chi connectivity index (χ1v) is 12.7. The zero-order chi connectivity index (χ0) is 27.5. The summed E-state index contributed by atoms with van der Waals surface area (Å²) in [7, 11) is 1.58. The minimum atomic E-state index is -0.613. The Morgan fingerprint density at radius 1 is 1.08 bits per heavy atom. The predicted molar refractivity (Wildman–Crippen MR) is 151 cm³/mol. The van der Waals surface area contributed by atoms with Gasteiger partial charge in [-0.05, 0) is 65.3 Å². The molecular formula is C28H23BrN4O6. The van der Waals surface area contributed by atoms with Gasteiger partial charge in [0.1, 0.15) is 11.3 Å². The lowest BCUT2D eigenvalue weighted by molar-refractivity contribution is -0.119. The Labute approximate surface area is 230 Å². The molecule has 198 valence electrons. The van der Waals surface area contributed by atoms with Crippen LogP contribution >= 0.6 is 15.9 Å². The highest BCUT2D eigenvalue weighted by molar-refractivity contribution is 9.10. The Bertz CT molecular complexity index is 1790. The number of nitrogens with zero attached hydrogens (tertiary/aromatic N) is 3. The summed E-state index contributed by atoms with van der Waals surface area (Å²) in [5, 5.41) is 5.64. The number of furan rings is 1. The molecule has 0 spiro atoms. The van der Waals surface area contributed by atoms with Crippen molar-refractivity contribution in [3.05, 3.63) is 81.1 Å². The van der Waals surface area contributed by atoms with Gasteiger partial charge >= 0.3 is 0 Å². The van der Waals surface area contributed by atoms with E-state index in [-0.39, 0.29) is 18.0 Å². The van der Waals surface area contributed by atoms with Crippen LogP contribution < -0.4 is 25.5 Å². The monoisotopic (exact) mass is 590 g/mol. The van der Waals surface area contributed by atoms with Crippen molar-refractivity contribution in [1.29, 1.82) is 0 Å². The molecule has 0 aliphatic heterocycles. The van der Waals surface area contributed by atoms with Crippen LogP contribution in [-0.4, -0.2) is 42.1 Å². The van der Waals surface area contributed by atoms with Gasteiger partial charge in [0.2, 0.25) is 5.82 Å². The molecule has 11 heteroatoms. The van der Waals surface area contributed by atoms with Crippen molar-refractivity contribution in [3.8, 4) is 28.8 Å². The lowest BCUT2D eigenvalue weighted by Gasteiger charge is -2.13. The Morgan fingerprint density at radius 2 is 1.87 bits per heavy atom. The number of amides is 1. The molecule has 0 saturated carbocycles. The number of benzene rings is 3. The Kier molecular flexibility index (Phi) is 7.33. The summed E-state index contributed by atoms with van der Waals surface area (Å²) >= 11 is 3.50. The van der Waals surface area contributed by atoms with Crippen LogP contribution in [0.5, 0.6) is 17.2 Å². The lowest BCUT2D eigenvalue weighted by atomic mass is 10.2. The van der Waals surface area contributed by atoms with Crippen molar-refractivity contribution in [2.45, 2.75) is 6.92 Å². The van der Waals surface area contributed by atoms with E-state index in [1.54, 1.807) is 43.5 Å². The van der Waals surface area contributed by atoms with Crippen LogP contribution in [0.4, 0.5) is 0 Å². The van der Waals surface area contributed by atoms with Crippen LogP contribution in [0, 0.1) is 0 Å². The van der Waals surface area contributed by atoms with Crippen LogP contribution in [-0.2, 0) is 4.79 Å². The van der Waals surface area contributed by atoms with Crippen LogP contribution in [0.15, 0.2) is 79.4 Å². The van der Waals surface area contributed by atoms with Crippen molar-refractivity contribution in [2.75, 3.05) is 20.3 Å². The number of nitrogens with two attached hydrogens (primary N) is 1. The van der Waals surface area contributed by atoms with Crippen LogP contribution in [0.25, 0.3) is 33.5 Å². The SMILES string of the molecule is CCOc1cc(C=Nn2c(-c3cc4c(OC)cccc4o3)nc3ccccc3c2=O)c(Br)cc1OCC(N)=O. The van der Waals surface area contributed by atoms with Crippen molar-refractivity contribution in [1.82, 2.24) is 9.66 Å². The molecular weight excluding hydrogens is 568 g/mol. The highest BCUT2D eigenvalue weighted by atomic mass is 79.9. The highest BCUT2D eigenvalue weighted by Gasteiger charge is 2.18. The van der Waals surface area contributed by atoms with Gasteiger partial charge in [0.25, 0.3) is 11.5 Å². The van der Waals surface area contributed by atoms with Gasteiger partial charge in [-0.15, -0.1) is 0 Å². The molecule has 2 aromatic heterocycles. The van der Waals surface area contributed by atoms with E-state index >= 15 is 0 Å². The van der Waals surface area contributed by atoms with Gasteiger partial charge in [0, 0.05) is 10.0 Å². The Balaban J connectivity index is 1.65. The standard InChI is InChI=1S/C28H23BrN4O6/c1-3-37-23-11-16(19(29)13-24(23)38-15-26(30)34)14-31-33-27(32-20-8-5-4-7-17(20)28(33)35)25-12-18-21(36-2)9-6-10-22(18)39-25/h4-14H,3,15H2,1-2H3,(H2,30,34). The van der Waals surface area contributed by atoms with E-state index in [1.807, 2.05) is 31.2 Å². The van der Waals surface area contributed by atoms with E-state index in [0.717, 1.165) is 5.39 Å². The fraction of sp³-hybridized carbons (Fsp3) is 0.143. The number of para-hydroxylation sites is 1. The number of fused-ring (bicyclic) bond motifs is 2. The summed E-state index contributed by atoms with van der Waals surface area (Å²) in [5.74, 6) is 1.30. The summed E-state index contributed by atoms with van der Waals surface area (Å²) in [5.41, 5.74) is 6.51. The van der Waals surface area contributed by atoms with Gasteiger partial charge in [-0.1, -0.05) is 18.2 Å². The van der Waals surface area contributed by atoms with Crippen LogP contribution in [0.3, 0.4) is 0 Å². The number of rotatable bonds is 9. The van der Waals surface area contributed by atoms with Crippen molar-refractivity contribution in [2.24, 2.45) is 10.8 Å². The van der Waals surface area contributed by atoms with Gasteiger partial charge in [-0.25, -0.2) is 4.98 Å². The first-order valence-electron chi connectivity index (χ1n) is 11.9. The Morgan fingerprint density at radius 3 is 2.64 bits per heavy atom. The molecule has 10 nitrogen and oxygen atoms in total. The van der Waals surface area contributed by atoms with E-state index in [1.165, 1.54) is 10.9 Å². The highest BCUT2D eigenvalue weighted by Crippen LogP contribution is 2.34. The number of hydrogen-bond donors (Lipinski definition) is 1. The fourth-order valence-corrected chi connectivity index (χ4v) is 4.44. The fourth-order valence-electron chi connectivity index (χ4n) is 4.01. The van der Waals surface area contributed by atoms with Gasteiger partial charge in [0.05, 0.1) is 36.2 Å². The maximum atomic E-state index is 13.6. The van der Waals surface area contributed by atoms with E-state index in [9.17, 15) is 9.59 Å². The minimum absolute atomic E-state index is 0.218. The number of hydrogen-bond acceptors (Lipinski definition) is 8. The third-order valence-electron chi connectivity index (χ3n) is 5.76. The molecule has 0 fully saturated rings. The first-order chi connectivity index (χ1) is 18.9. The molecule has 0 unspecified atom stereocenters. The topological polar surface area (TPSA) is 131 Å². The Hall–Kier alpha value is -4.64. The third-order valence-corrected chi connectivity index (χ3v) is 6.45. The molecule has 0 radical (unpaired) electrons. The van der Waals surface area contributed by atoms with E-state index in [0.29, 0.717) is 56.1 Å². The smallest absolute Gasteiger partial charge is 0.282 e. The predicted octanol–water partition coefficient (Wildman–Crippen LogP) is 4.73. The van der Waals surface area contributed by atoms with Gasteiger partial charge in [-0.3, -0.25) is 9.59 Å². The number of methoxy groups -OCH3 is 1. The molecule has 1 amide bonds. The maximum absolute atomic E-state index is 13.6. The van der Waals surface area contributed by atoms with Crippen molar-refractivity contribution < 1.29 is 23.4 Å². The summed E-state index contributed by atoms with van der Waals surface area (Å²) in [6, 6.07) is 17.6. The third kappa shape index (κ3) is 5.21. The molecule has 0 aliphatic carbocycles. The summed E-state index contributed by atoms with van der Waals surface area (Å²) < 4.78 is 24.5. The molecule has 0 bridgehead atoms. The number of carbonyl (C=O) groups is 1. The number of halogens is 1. The van der Waals surface area contributed by atoms with Gasteiger partial charge < -0.3 is 24.4 Å². The maximum Gasteiger partial charge on any atom is 0.282 e. The summed E-state index contributed by atoms with van der Waals surface area (Å²) in [4.78, 5) is 29.5. The number of aromatic nitrogens is 2. The lowest BCUT2D eigenvalue weighted by Crippen LogP contribution is -2.20. The average Bonchev–Trinajstić information content (AvgIpc) is 3.37. The molecule has 5 aromatic rings. The first kappa shape index (κ1) is 26.0. The van der Waals surface area contributed by atoms with Crippen molar-refractivity contribution >= 4 is 49.9 Å².